The van der Waals surface area contributed by atoms with Gasteiger partial charge in [0.1, 0.15) is 32.7 Å². The Kier molecular flexibility index (Phi) is 15.2. The highest BCUT2D eigenvalue weighted by Crippen LogP contribution is 2.40. The maximum absolute atomic E-state index is 14.3. The monoisotopic (exact) mass is 1170 g/mol. The van der Waals surface area contributed by atoms with Gasteiger partial charge in [0, 0.05) is 17.2 Å². The minimum absolute atomic E-state index is 0.0652. The van der Waals surface area contributed by atoms with Gasteiger partial charge in [0.15, 0.2) is 11.4 Å². The Morgan fingerprint density at radius 1 is 0.527 bits per heavy atom. The smallest absolute Gasteiger partial charge is 0.296 e. The van der Waals surface area contributed by atoms with E-state index in [0.29, 0.717) is 36.4 Å². The molecule has 74 heavy (non-hydrogen) atoms. The molecule has 2 aliphatic rings. The van der Waals surface area contributed by atoms with Crippen LogP contribution in [0.25, 0.3) is 12.2 Å². The summed E-state index contributed by atoms with van der Waals surface area (Å²) < 4.78 is 151. The predicted molar refractivity (Wildman–Crippen MR) is 271 cm³/mol. The summed E-state index contributed by atoms with van der Waals surface area (Å²) in [4.78, 5) is 51.1. The first-order valence-corrected chi connectivity index (χ1v) is 26.9. The molecule has 0 fully saturated rings. The van der Waals surface area contributed by atoms with Crippen LogP contribution in [0.5, 0.6) is 11.5 Å². The minimum atomic E-state index is -5.42. The second-order valence-electron chi connectivity index (χ2n) is 15.0. The number of ether oxygens (including phenoxy) is 2. The third-order valence-corrected chi connectivity index (χ3v) is 15.1. The van der Waals surface area contributed by atoms with Gasteiger partial charge < -0.3 is 20.1 Å². The van der Waals surface area contributed by atoms with E-state index in [2.05, 4.69) is 31.7 Å². The van der Waals surface area contributed by atoms with Crippen molar-refractivity contribution in [2.75, 3.05) is 35.7 Å². The van der Waals surface area contributed by atoms with E-state index in [1.165, 1.54) is 36.4 Å². The predicted octanol–water partition coefficient (Wildman–Crippen LogP) is 7.10. The fraction of sp³-hybridized carbons (Fsp3) is 0.0476. The van der Waals surface area contributed by atoms with Crippen molar-refractivity contribution in [2.24, 2.45) is 10.2 Å². The number of rotatable bonds is 14. The van der Waals surface area contributed by atoms with E-state index >= 15 is 0 Å². The van der Waals surface area contributed by atoms with E-state index in [9.17, 15) is 71.1 Å². The topological polar surface area (TPSA) is 377 Å². The van der Waals surface area contributed by atoms with Crippen LogP contribution < -0.4 is 31.0 Å². The second kappa shape index (κ2) is 20.5. The maximum Gasteiger partial charge on any atom is 0.296 e. The number of ketones is 2. The van der Waals surface area contributed by atoms with Crippen LogP contribution >= 0.6 is 46.4 Å². The standard InChI is InChI=1S/C42H28Cl4N6O18S4/c1-69-30-16-27(50-52-38-33(74(66,67)68)11-18-9-21(72(60,61)62)14-29(35(18)40(38)54)48-42(56)23-4-3-5-24(44)36(23)46)31(70-2)15-26(30)49-51-37-32(73(63,64)65)10-17-8-20(71(57,58)59)13-28(34(17)39(37)53)47-41(55)22-7-6-19(43)12-25(22)45/h3-16,49-50H,1-2H3,(H,47,55)(H,48,56)(H,57,58,59)(H,60,61,62)(H,63,64,65)(H,66,67,68)/b51-37-,52-38+. The van der Waals surface area contributed by atoms with E-state index in [0.717, 1.165) is 26.4 Å². The third kappa shape index (κ3) is 11.3. The molecule has 24 nitrogen and oxygen atoms in total. The number of allylic oxidation sites excluding steroid dienone is 2. The fourth-order valence-electron chi connectivity index (χ4n) is 7.03. The zero-order valence-electron chi connectivity index (χ0n) is 36.6. The summed E-state index contributed by atoms with van der Waals surface area (Å²) in [6.07, 6.45) is 1.24. The van der Waals surface area contributed by atoms with E-state index in [-0.39, 0.29) is 54.1 Å². The number of carbonyl (C=O) groups excluding carboxylic acids is 4. The highest BCUT2D eigenvalue weighted by molar-refractivity contribution is 7.91. The molecule has 8 N–H and O–H groups in total. The second-order valence-corrected chi connectivity index (χ2v) is 22.2. The Labute approximate surface area is 437 Å². The SMILES string of the molecule is COc1cc(N/N=C2\C(=O)c3c(cc(S(=O)(=O)O)cc3NC(=O)c3ccc(Cl)cc3Cl)C=C2S(=O)(=O)O)c(OC)cc1N/N=C1/C(=O)c2c(cc(S(=O)(=O)O)cc2NC(=O)c2cccc(Cl)c2Cl)C=C1S(=O)(=O)O. The number of benzene rings is 5. The van der Waals surface area contributed by atoms with Gasteiger partial charge in [-0.05, 0) is 77.9 Å². The molecule has 0 spiro atoms. The van der Waals surface area contributed by atoms with Crippen LogP contribution in [-0.2, 0) is 40.5 Å². The van der Waals surface area contributed by atoms with Crippen molar-refractivity contribution in [1.29, 1.82) is 0 Å². The summed E-state index contributed by atoms with van der Waals surface area (Å²) in [5.74, 6) is -5.33. The Morgan fingerprint density at radius 3 is 1.35 bits per heavy atom. The summed E-state index contributed by atoms with van der Waals surface area (Å²) >= 11 is 24.3. The Balaban J connectivity index is 1.28. The third-order valence-electron chi connectivity index (χ3n) is 10.3. The lowest BCUT2D eigenvalue weighted by molar-refractivity contribution is 0.101. The first-order valence-electron chi connectivity index (χ1n) is 19.7. The van der Waals surface area contributed by atoms with Crippen LogP contribution in [0.4, 0.5) is 22.7 Å². The highest BCUT2D eigenvalue weighted by atomic mass is 35.5. The van der Waals surface area contributed by atoms with Gasteiger partial charge in [-0.25, -0.2) is 0 Å². The van der Waals surface area contributed by atoms with Gasteiger partial charge in [-0.15, -0.1) is 0 Å². The van der Waals surface area contributed by atoms with Crippen LogP contribution in [0.2, 0.25) is 20.1 Å². The summed E-state index contributed by atoms with van der Waals surface area (Å²) in [6, 6.07) is 12.5. The van der Waals surface area contributed by atoms with Gasteiger partial charge >= 0.3 is 0 Å². The summed E-state index contributed by atoms with van der Waals surface area (Å²) in [5, 5.41) is 12.0. The molecule has 2 amide bonds. The van der Waals surface area contributed by atoms with Crippen molar-refractivity contribution in [1.82, 2.24) is 0 Å². The normalized spacial score (nSPS) is 14.9. The Bertz CT molecular complexity index is 3960. The molecular weight excluding hydrogens is 1150 g/mol. The Morgan fingerprint density at radius 2 is 0.959 bits per heavy atom. The summed E-state index contributed by atoms with van der Waals surface area (Å²) in [6.45, 7) is 0. The number of carbonyl (C=O) groups is 4. The number of fused-ring (bicyclic) bond motifs is 2. The molecule has 0 radical (unpaired) electrons. The van der Waals surface area contributed by atoms with Gasteiger partial charge in [0.2, 0.25) is 11.6 Å². The molecule has 386 valence electrons. The largest absolute Gasteiger partial charge is 0.494 e. The van der Waals surface area contributed by atoms with Crippen molar-refractivity contribution in [2.45, 2.75) is 9.79 Å². The van der Waals surface area contributed by atoms with Gasteiger partial charge in [0.05, 0.1) is 72.7 Å². The maximum atomic E-state index is 14.3. The van der Waals surface area contributed by atoms with E-state index in [4.69, 9.17) is 55.9 Å². The molecule has 2 aliphatic carbocycles. The summed E-state index contributed by atoms with van der Waals surface area (Å²) in [7, 11) is -18.9. The summed E-state index contributed by atoms with van der Waals surface area (Å²) in [5.41, 5.74) is -1.87. The van der Waals surface area contributed by atoms with Crippen molar-refractivity contribution < 1.29 is 80.5 Å². The molecule has 5 aromatic carbocycles. The van der Waals surface area contributed by atoms with Crippen LogP contribution in [0.15, 0.2) is 103 Å². The zero-order chi connectivity index (χ0) is 54.6. The average molecular weight is 1170 g/mol. The quantitative estimate of drug-likeness (QED) is 0.0406. The van der Waals surface area contributed by atoms with Gasteiger partial charge in [0.25, 0.3) is 52.3 Å². The molecule has 32 heteroatoms. The molecule has 0 aliphatic heterocycles. The van der Waals surface area contributed by atoms with Crippen LogP contribution in [0, 0.1) is 0 Å². The fourth-order valence-corrected chi connectivity index (χ4v) is 10.3. The molecule has 7 rings (SSSR count). The lowest BCUT2D eigenvalue weighted by atomic mass is 9.92. The van der Waals surface area contributed by atoms with E-state index < -0.39 is 129 Å². The molecule has 0 aromatic heterocycles. The number of Topliss-reactive ketones (excluding diaryl/α,β-unsaturated/α-hetero) is 2. The molecule has 0 bridgehead atoms. The van der Waals surface area contributed by atoms with Crippen molar-refractivity contribution in [3.05, 3.63) is 136 Å². The zero-order valence-corrected chi connectivity index (χ0v) is 42.9. The number of hydrogen-bond acceptors (Lipinski definition) is 18. The van der Waals surface area contributed by atoms with Crippen LogP contribution in [0.3, 0.4) is 0 Å². The molecular formula is C42H28Cl4N6O18S4. The number of anilines is 4. The van der Waals surface area contributed by atoms with E-state index in [1.54, 1.807) is 0 Å². The number of halogens is 4. The number of amides is 2. The molecule has 5 aromatic rings. The van der Waals surface area contributed by atoms with Gasteiger partial charge in [-0.1, -0.05) is 52.5 Å². The van der Waals surface area contributed by atoms with Gasteiger partial charge in [-0.3, -0.25) is 48.2 Å². The number of hydrazone groups is 2. The molecule has 0 saturated heterocycles. The Hall–Kier alpha value is -6.80. The number of nitrogens with one attached hydrogen (secondary N) is 4. The average Bonchev–Trinajstić information content (AvgIpc) is 3.29. The van der Waals surface area contributed by atoms with E-state index in [1.807, 2.05) is 0 Å². The van der Waals surface area contributed by atoms with Crippen molar-refractivity contribution in [3.8, 4) is 11.5 Å². The lowest BCUT2D eigenvalue weighted by Crippen LogP contribution is -2.29. The molecule has 0 atom stereocenters. The van der Waals surface area contributed by atoms with Crippen LogP contribution in [-0.4, -0.2) is 101 Å². The number of nitrogens with zero attached hydrogens (tertiary/aromatic N) is 2. The first kappa shape index (κ1) is 55.0. The van der Waals surface area contributed by atoms with Crippen LogP contribution in [0.1, 0.15) is 52.6 Å². The lowest BCUT2D eigenvalue weighted by Gasteiger charge is -2.21. The highest BCUT2D eigenvalue weighted by Gasteiger charge is 2.38. The van der Waals surface area contributed by atoms with Crippen molar-refractivity contribution in [3.63, 3.8) is 0 Å². The first-order chi connectivity index (χ1) is 34.4. The van der Waals surface area contributed by atoms with Gasteiger partial charge in [-0.2, -0.15) is 43.9 Å². The minimum Gasteiger partial charge on any atom is -0.494 e. The number of methoxy groups -OCH3 is 2. The molecule has 0 heterocycles. The molecule has 0 saturated carbocycles. The van der Waals surface area contributed by atoms with Crippen molar-refractivity contribution >= 4 is 157 Å². The molecule has 0 unspecified atom stereocenters. The number of hydrogen-bond donors (Lipinski definition) is 8.